The minimum atomic E-state index is -0.295. The van der Waals surface area contributed by atoms with E-state index in [9.17, 15) is 9.59 Å². The number of hydrogen-bond donors (Lipinski definition) is 0. The molecule has 0 aliphatic carbocycles. The van der Waals surface area contributed by atoms with Crippen LogP contribution in [0.25, 0.3) is 10.9 Å². The van der Waals surface area contributed by atoms with Gasteiger partial charge in [-0.3, -0.25) is 14.2 Å². The predicted molar refractivity (Wildman–Crippen MR) is 88.3 cm³/mol. The van der Waals surface area contributed by atoms with Gasteiger partial charge in [0.25, 0.3) is 5.56 Å². The van der Waals surface area contributed by atoms with Crippen LogP contribution in [0.4, 0.5) is 5.69 Å². The molecule has 3 aromatic rings. The number of benzene rings is 2. The van der Waals surface area contributed by atoms with Gasteiger partial charge in [0, 0.05) is 5.69 Å². The Morgan fingerprint density at radius 3 is 2.48 bits per heavy atom. The highest BCUT2D eigenvalue weighted by atomic mass is 16.2. The Kier molecular flexibility index (Phi) is 3.01. The van der Waals surface area contributed by atoms with Crippen LogP contribution in [0, 0.1) is 0 Å². The van der Waals surface area contributed by atoms with E-state index in [1.54, 1.807) is 11.0 Å². The summed E-state index contributed by atoms with van der Waals surface area (Å²) in [6.07, 6.45) is 0. The second kappa shape index (κ2) is 5.05. The highest BCUT2D eigenvalue weighted by Gasteiger charge is 2.32. The van der Waals surface area contributed by atoms with Crippen LogP contribution in [0.3, 0.4) is 0 Å². The number of anilines is 1. The summed E-state index contributed by atoms with van der Waals surface area (Å²) in [6, 6.07) is 16.4. The van der Waals surface area contributed by atoms with Gasteiger partial charge in [0.05, 0.1) is 16.9 Å². The number of rotatable bonds is 1. The lowest BCUT2D eigenvalue weighted by molar-refractivity contribution is -0.120. The van der Waals surface area contributed by atoms with Gasteiger partial charge in [-0.1, -0.05) is 30.3 Å². The van der Waals surface area contributed by atoms with Crippen LogP contribution in [0.5, 0.6) is 0 Å². The Labute approximate surface area is 132 Å². The van der Waals surface area contributed by atoms with E-state index in [4.69, 9.17) is 0 Å². The highest BCUT2D eigenvalue weighted by Crippen LogP contribution is 2.29. The zero-order valence-corrected chi connectivity index (χ0v) is 12.6. The molecule has 1 aromatic heterocycles. The maximum Gasteiger partial charge on any atom is 0.261 e. The average molecular weight is 305 g/mol. The molecule has 0 radical (unpaired) electrons. The summed E-state index contributed by atoms with van der Waals surface area (Å²) in [4.78, 5) is 31.6. The van der Waals surface area contributed by atoms with Gasteiger partial charge in [0.15, 0.2) is 0 Å². The van der Waals surface area contributed by atoms with Gasteiger partial charge >= 0.3 is 0 Å². The smallest absolute Gasteiger partial charge is 0.261 e. The first kappa shape index (κ1) is 13.7. The van der Waals surface area contributed by atoms with Crippen molar-refractivity contribution in [3.8, 4) is 0 Å². The lowest BCUT2D eigenvalue weighted by atomic mass is 10.1. The number of amides is 1. The van der Waals surface area contributed by atoms with Crippen LogP contribution in [0.2, 0.25) is 0 Å². The number of nitrogens with zero attached hydrogens (tertiary/aromatic N) is 3. The molecular formula is C18H15N3O2. The Morgan fingerprint density at radius 1 is 1.00 bits per heavy atom. The fraction of sp³-hybridized carbons (Fsp3) is 0.167. The zero-order chi connectivity index (χ0) is 16.0. The number of fused-ring (bicyclic) bond motifs is 2. The van der Waals surface area contributed by atoms with Gasteiger partial charge in [-0.05, 0) is 31.2 Å². The first-order valence-corrected chi connectivity index (χ1v) is 7.53. The Balaban J connectivity index is 1.93. The third-order valence-electron chi connectivity index (χ3n) is 4.25. The van der Waals surface area contributed by atoms with Crippen LogP contribution < -0.4 is 10.5 Å². The van der Waals surface area contributed by atoms with Gasteiger partial charge in [0.1, 0.15) is 12.4 Å². The molecule has 1 amide bonds. The van der Waals surface area contributed by atoms with E-state index < -0.39 is 0 Å². The SMILES string of the molecule is CC1c2nc3ccccc3c(=O)n2CC(=O)N1c1ccccc1. The average Bonchev–Trinajstić information content (AvgIpc) is 2.57. The molecule has 0 spiro atoms. The van der Waals surface area contributed by atoms with Crippen LogP contribution >= 0.6 is 0 Å². The molecule has 1 aliphatic rings. The highest BCUT2D eigenvalue weighted by molar-refractivity contribution is 5.95. The maximum atomic E-state index is 12.7. The van der Waals surface area contributed by atoms with Gasteiger partial charge in [-0.2, -0.15) is 0 Å². The van der Waals surface area contributed by atoms with Crippen molar-refractivity contribution < 1.29 is 4.79 Å². The molecule has 23 heavy (non-hydrogen) atoms. The molecular weight excluding hydrogens is 290 g/mol. The summed E-state index contributed by atoms with van der Waals surface area (Å²) < 4.78 is 1.49. The van der Waals surface area contributed by atoms with Crippen molar-refractivity contribution >= 4 is 22.5 Å². The van der Waals surface area contributed by atoms with Gasteiger partial charge in [0.2, 0.25) is 5.91 Å². The van der Waals surface area contributed by atoms with Crippen LogP contribution in [0.1, 0.15) is 18.8 Å². The second-order valence-corrected chi connectivity index (χ2v) is 5.65. The van der Waals surface area contributed by atoms with E-state index in [1.165, 1.54) is 4.57 Å². The molecule has 0 saturated carbocycles. The zero-order valence-electron chi connectivity index (χ0n) is 12.6. The summed E-state index contributed by atoms with van der Waals surface area (Å²) in [7, 11) is 0. The number of para-hydroxylation sites is 2. The van der Waals surface area contributed by atoms with E-state index in [0.29, 0.717) is 16.7 Å². The molecule has 1 atom stereocenters. The summed E-state index contributed by atoms with van der Waals surface area (Å²) in [5, 5.41) is 0.546. The van der Waals surface area contributed by atoms with E-state index in [-0.39, 0.29) is 24.1 Å². The van der Waals surface area contributed by atoms with Crippen LogP contribution in [-0.2, 0) is 11.3 Å². The van der Waals surface area contributed by atoms with Gasteiger partial charge in [-0.25, -0.2) is 4.98 Å². The quantitative estimate of drug-likeness (QED) is 0.694. The van der Waals surface area contributed by atoms with Crippen molar-refractivity contribution in [2.45, 2.75) is 19.5 Å². The third-order valence-corrected chi connectivity index (χ3v) is 4.25. The normalized spacial score (nSPS) is 17.3. The largest absolute Gasteiger partial charge is 0.301 e. The molecule has 4 rings (SSSR count). The van der Waals surface area contributed by atoms with E-state index >= 15 is 0 Å². The summed E-state index contributed by atoms with van der Waals surface area (Å²) >= 11 is 0. The number of carbonyl (C=O) groups excluding carboxylic acids is 1. The molecule has 0 fully saturated rings. The van der Waals surface area contributed by atoms with Crippen molar-refractivity contribution in [3.05, 3.63) is 70.8 Å². The first-order chi connectivity index (χ1) is 11.2. The van der Waals surface area contributed by atoms with Crippen molar-refractivity contribution in [2.24, 2.45) is 0 Å². The molecule has 5 nitrogen and oxygen atoms in total. The Hall–Kier alpha value is -2.95. The van der Waals surface area contributed by atoms with Crippen LogP contribution in [-0.4, -0.2) is 15.5 Å². The third kappa shape index (κ3) is 2.04. The summed E-state index contributed by atoms with van der Waals surface area (Å²) in [5.74, 6) is 0.521. The monoisotopic (exact) mass is 305 g/mol. The number of carbonyl (C=O) groups is 1. The summed E-state index contributed by atoms with van der Waals surface area (Å²) in [5.41, 5.74) is 1.33. The van der Waals surface area contributed by atoms with Crippen molar-refractivity contribution in [3.63, 3.8) is 0 Å². The van der Waals surface area contributed by atoms with Gasteiger partial charge in [-0.15, -0.1) is 0 Å². The molecule has 5 heteroatoms. The van der Waals surface area contributed by atoms with Crippen LogP contribution in [0.15, 0.2) is 59.4 Å². The summed E-state index contributed by atoms with van der Waals surface area (Å²) in [6.45, 7) is 1.92. The second-order valence-electron chi connectivity index (χ2n) is 5.65. The fourth-order valence-electron chi connectivity index (χ4n) is 3.16. The topological polar surface area (TPSA) is 55.2 Å². The van der Waals surface area contributed by atoms with Gasteiger partial charge < -0.3 is 4.90 Å². The molecule has 2 aromatic carbocycles. The lowest BCUT2D eigenvalue weighted by Gasteiger charge is -2.35. The molecule has 2 heterocycles. The van der Waals surface area contributed by atoms with Crippen molar-refractivity contribution in [1.82, 2.24) is 9.55 Å². The van der Waals surface area contributed by atoms with E-state index in [2.05, 4.69) is 4.98 Å². The van der Waals surface area contributed by atoms with Crippen molar-refractivity contribution in [2.75, 3.05) is 4.90 Å². The molecule has 0 saturated heterocycles. The van der Waals surface area contributed by atoms with Crippen molar-refractivity contribution in [1.29, 1.82) is 0 Å². The number of aromatic nitrogens is 2. The lowest BCUT2D eigenvalue weighted by Crippen LogP contribution is -2.46. The Morgan fingerprint density at radius 2 is 1.70 bits per heavy atom. The first-order valence-electron chi connectivity index (χ1n) is 7.53. The Bertz CT molecular complexity index is 963. The fourth-order valence-corrected chi connectivity index (χ4v) is 3.16. The minimum Gasteiger partial charge on any atom is -0.301 e. The molecule has 1 aliphatic heterocycles. The number of hydrogen-bond acceptors (Lipinski definition) is 3. The maximum absolute atomic E-state index is 12.7. The van der Waals surface area contributed by atoms with E-state index in [0.717, 1.165) is 5.69 Å². The predicted octanol–water partition coefficient (Wildman–Crippen LogP) is 2.50. The molecule has 0 bridgehead atoms. The minimum absolute atomic E-state index is 0.0191. The molecule has 114 valence electrons. The molecule has 1 unspecified atom stereocenters. The van der Waals surface area contributed by atoms with E-state index in [1.807, 2.05) is 55.5 Å². The molecule has 0 N–H and O–H groups in total. The standard InChI is InChI=1S/C18H15N3O2/c1-12-17-19-15-10-6-5-9-14(15)18(23)20(17)11-16(22)21(12)13-7-3-2-4-8-13/h2-10,12H,11H2,1H3.